The first kappa shape index (κ1) is 13.1. The lowest BCUT2D eigenvalue weighted by molar-refractivity contribution is 0.472. The zero-order chi connectivity index (χ0) is 13.1. The summed E-state index contributed by atoms with van der Waals surface area (Å²) in [5.41, 5.74) is 3.06. The molecule has 2 rings (SSSR count). The third-order valence-electron chi connectivity index (χ3n) is 2.72. The van der Waals surface area contributed by atoms with Crippen molar-refractivity contribution in [1.29, 1.82) is 0 Å². The normalized spacial score (nSPS) is 10.4. The Labute approximate surface area is 115 Å². The van der Waals surface area contributed by atoms with Crippen molar-refractivity contribution in [2.75, 3.05) is 0 Å². The van der Waals surface area contributed by atoms with Crippen LogP contribution in [0.5, 0.6) is 11.5 Å². The van der Waals surface area contributed by atoms with E-state index in [-0.39, 0.29) is 5.82 Å². The van der Waals surface area contributed by atoms with Gasteiger partial charge in [0, 0.05) is 10.9 Å². The molecule has 0 bridgehead atoms. The number of aryl methyl sites for hydroxylation is 2. The molecule has 0 saturated heterocycles. The van der Waals surface area contributed by atoms with E-state index < -0.39 is 0 Å². The van der Waals surface area contributed by atoms with Gasteiger partial charge in [0.25, 0.3) is 0 Å². The molecule has 0 fully saturated rings. The summed E-state index contributed by atoms with van der Waals surface area (Å²) in [6, 6.07) is 10.5. The highest BCUT2D eigenvalue weighted by atomic mass is 79.9. The van der Waals surface area contributed by atoms with Crippen molar-refractivity contribution in [3.63, 3.8) is 0 Å². The van der Waals surface area contributed by atoms with Gasteiger partial charge in [-0.15, -0.1) is 0 Å². The van der Waals surface area contributed by atoms with Crippen molar-refractivity contribution in [3.8, 4) is 11.5 Å². The maximum atomic E-state index is 13.1. The van der Waals surface area contributed by atoms with Crippen LogP contribution in [0.4, 0.5) is 4.39 Å². The van der Waals surface area contributed by atoms with Crippen LogP contribution in [0.25, 0.3) is 0 Å². The van der Waals surface area contributed by atoms with E-state index in [0.29, 0.717) is 11.1 Å². The molecule has 1 nitrogen and oxygen atoms in total. The third kappa shape index (κ3) is 2.91. The Morgan fingerprint density at radius 3 is 2.44 bits per heavy atom. The Morgan fingerprint density at radius 2 is 1.78 bits per heavy atom. The number of alkyl halides is 1. The molecule has 2 aromatic rings. The number of hydrogen-bond donors (Lipinski definition) is 0. The van der Waals surface area contributed by atoms with Crippen molar-refractivity contribution in [3.05, 3.63) is 58.9 Å². The number of ether oxygens (including phenoxy) is 1. The van der Waals surface area contributed by atoms with Gasteiger partial charge in [-0.25, -0.2) is 4.39 Å². The van der Waals surface area contributed by atoms with Gasteiger partial charge in [0.1, 0.15) is 17.3 Å². The zero-order valence-corrected chi connectivity index (χ0v) is 11.9. The molecule has 2 aromatic carbocycles. The second-order valence-electron chi connectivity index (χ2n) is 4.26. The summed E-state index contributed by atoms with van der Waals surface area (Å²) >= 11 is 3.34. The summed E-state index contributed by atoms with van der Waals surface area (Å²) < 4.78 is 19.0. The van der Waals surface area contributed by atoms with Gasteiger partial charge in [-0.3, -0.25) is 0 Å². The standard InChI is InChI=1S/C15H14BrFO/c1-10-3-5-14(11(2)7-10)18-15-6-4-13(17)8-12(15)9-16/h3-8H,9H2,1-2H3. The third-order valence-corrected chi connectivity index (χ3v) is 3.32. The summed E-state index contributed by atoms with van der Waals surface area (Å²) in [7, 11) is 0. The molecule has 3 heteroatoms. The van der Waals surface area contributed by atoms with Gasteiger partial charge >= 0.3 is 0 Å². The van der Waals surface area contributed by atoms with Crippen LogP contribution in [0.3, 0.4) is 0 Å². The Bertz CT molecular complexity index is 566. The zero-order valence-electron chi connectivity index (χ0n) is 10.3. The van der Waals surface area contributed by atoms with Crippen LogP contribution in [-0.4, -0.2) is 0 Å². The van der Waals surface area contributed by atoms with E-state index in [2.05, 4.69) is 22.0 Å². The molecule has 0 radical (unpaired) electrons. The van der Waals surface area contributed by atoms with E-state index in [1.165, 1.54) is 17.7 Å². The predicted molar refractivity (Wildman–Crippen MR) is 75.0 cm³/mol. The molecule has 0 aliphatic carbocycles. The van der Waals surface area contributed by atoms with E-state index in [1.807, 2.05) is 26.0 Å². The first-order chi connectivity index (χ1) is 8.60. The molecule has 0 unspecified atom stereocenters. The van der Waals surface area contributed by atoms with Crippen molar-refractivity contribution in [1.82, 2.24) is 0 Å². The number of hydrogen-bond acceptors (Lipinski definition) is 1. The topological polar surface area (TPSA) is 9.23 Å². The van der Waals surface area contributed by atoms with E-state index in [0.717, 1.165) is 16.9 Å². The second-order valence-corrected chi connectivity index (χ2v) is 4.82. The van der Waals surface area contributed by atoms with Crippen molar-refractivity contribution < 1.29 is 9.13 Å². The van der Waals surface area contributed by atoms with E-state index in [4.69, 9.17) is 4.74 Å². The molecular weight excluding hydrogens is 295 g/mol. The Kier molecular flexibility index (Phi) is 4.02. The lowest BCUT2D eigenvalue weighted by Gasteiger charge is -2.12. The van der Waals surface area contributed by atoms with Crippen molar-refractivity contribution in [2.45, 2.75) is 19.2 Å². The number of halogens is 2. The minimum atomic E-state index is -0.252. The van der Waals surface area contributed by atoms with Crippen LogP contribution in [0.1, 0.15) is 16.7 Å². The average molecular weight is 309 g/mol. The van der Waals surface area contributed by atoms with Crippen LogP contribution >= 0.6 is 15.9 Å². The second kappa shape index (κ2) is 5.53. The van der Waals surface area contributed by atoms with Crippen LogP contribution in [-0.2, 0) is 5.33 Å². The van der Waals surface area contributed by atoms with E-state index in [1.54, 1.807) is 6.07 Å². The lowest BCUT2D eigenvalue weighted by atomic mass is 10.1. The monoisotopic (exact) mass is 308 g/mol. The molecule has 0 heterocycles. The number of rotatable bonds is 3. The molecule has 18 heavy (non-hydrogen) atoms. The highest BCUT2D eigenvalue weighted by Gasteiger charge is 2.07. The molecule has 94 valence electrons. The van der Waals surface area contributed by atoms with Crippen molar-refractivity contribution >= 4 is 15.9 Å². The summed E-state index contributed by atoms with van der Waals surface area (Å²) in [5.74, 6) is 1.23. The van der Waals surface area contributed by atoms with Gasteiger partial charge in [-0.05, 0) is 43.7 Å². The van der Waals surface area contributed by atoms with Gasteiger partial charge in [0.2, 0.25) is 0 Å². The number of benzene rings is 2. The summed E-state index contributed by atoms with van der Waals surface area (Å²) in [4.78, 5) is 0. The highest BCUT2D eigenvalue weighted by molar-refractivity contribution is 9.08. The van der Waals surface area contributed by atoms with Gasteiger partial charge in [0.15, 0.2) is 0 Å². The molecule has 0 saturated carbocycles. The summed E-state index contributed by atoms with van der Waals surface area (Å²) in [6.07, 6.45) is 0. The molecule has 0 N–H and O–H groups in total. The van der Waals surface area contributed by atoms with Crippen molar-refractivity contribution in [2.24, 2.45) is 0 Å². The average Bonchev–Trinajstić information content (AvgIpc) is 2.34. The fourth-order valence-electron chi connectivity index (χ4n) is 1.78. The first-order valence-electron chi connectivity index (χ1n) is 5.69. The van der Waals surface area contributed by atoms with E-state index in [9.17, 15) is 4.39 Å². The predicted octanol–water partition coefficient (Wildman–Crippen LogP) is 5.13. The Balaban J connectivity index is 2.33. The maximum Gasteiger partial charge on any atom is 0.131 e. The minimum absolute atomic E-state index is 0.252. The summed E-state index contributed by atoms with van der Waals surface area (Å²) in [5, 5.41) is 0.561. The summed E-state index contributed by atoms with van der Waals surface area (Å²) in [6.45, 7) is 4.04. The molecule has 0 amide bonds. The van der Waals surface area contributed by atoms with E-state index >= 15 is 0 Å². The highest BCUT2D eigenvalue weighted by Crippen LogP contribution is 2.30. The van der Waals surface area contributed by atoms with Crippen LogP contribution in [0.15, 0.2) is 36.4 Å². The van der Waals surface area contributed by atoms with Gasteiger partial charge < -0.3 is 4.74 Å². The van der Waals surface area contributed by atoms with Gasteiger partial charge in [0.05, 0.1) is 0 Å². The Hall–Kier alpha value is -1.35. The molecule has 0 spiro atoms. The minimum Gasteiger partial charge on any atom is -0.457 e. The molecule has 0 aromatic heterocycles. The SMILES string of the molecule is Cc1ccc(Oc2ccc(F)cc2CBr)c(C)c1. The molecular formula is C15H14BrFO. The van der Waals surface area contributed by atoms with Crippen LogP contribution in [0.2, 0.25) is 0 Å². The molecule has 0 aliphatic heterocycles. The van der Waals surface area contributed by atoms with Crippen LogP contribution < -0.4 is 4.74 Å². The largest absolute Gasteiger partial charge is 0.457 e. The van der Waals surface area contributed by atoms with Crippen LogP contribution in [0, 0.1) is 19.7 Å². The van der Waals surface area contributed by atoms with Gasteiger partial charge in [-0.2, -0.15) is 0 Å². The Morgan fingerprint density at radius 1 is 1.06 bits per heavy atom. The fraction of sp³-hybridized carbons (Fsp3) is 0.200. The quantitative estimate of drug-likeness (QED) is 0.714. The smallest absolute Gasteiger partial charge is 0.131 e. The molecule has 0 atom stereocenters. The van der Waals surface area contributed by atoms with Gasteiger partial charge in [-0.1, -0.05) is 33.6 Å². The fourth-order valence-corrected chi connectivity index (χ4v) is 2.22. The first-order valence-corrected chi connectivity index (χ1v) is 6.82. The lowest BCUT2D eigenvalue weighted by Crippen LogP contribution is -1.93. The maximum absolute atomic E-state index is 13.1. The molecule has 0 aliphatic rings.